The Morgan fingerprint density at radius 1 is 1.50 bits per heavy atom. The maximum atomic E-state index is 11.2. The van der Waals surface area contributed by atoms with E-state index < -0.39 is 0 Å². The van der Waals surface area contributed by atoms with Crippen LogP contribution in [0.1, 0.15) is 5.01 Å². The normalized spacial score (nSPS) is 10.4. The van der Waals surface area contributed by atoms with Gasteiger partial charge in [-0.1, -0.05) is 11.3 Å². The molecule has 0 aliphatic carbocycles. The quantitative estimate of drug-likeness (QED) is 0.763. The van der Waals surface area contributed by atoms with Crippen LogP contribution in [0, 0.1) is 0 Å². The first-order valence-corrected chi connectivity index (χ1v) is 4.94. The summed E-state index contributed by atoms with van der Waals surface area (Å²) in [5.74, 6) is 0. The topological polar surface area (TPSA) is 60.7 Å². The zero-order valence-electron chi connectivity index (χ0n) is 6.92. The highest BCUT2D eigenvalue weighted by Crippen LogP contribution is 2.14. The second kappa shape index (κ2) is 3.85. The summed E-state index contributed by atoms with van der Waals surface area (Å²) >= 11 is 6.86. The van der Waals surface area contributed by atoms with E-state index in [4.69, 9.17) is 11.6 Å². The van der Waals surface area contributed by atoms with Crippen LogP contribution in [0.4, 0.5) is 0 Å². The summed E-state index contributed by atoms with van der Waals surface area (Å²) in [6.45, 7) is 0.358. The second-order valence-corrected chi connectivity index (χ2v) is 4.12. The molecule has 0 bridgehead atoms. The lowest BCUT2D eigenvalue weighted by atomic mass is 10.6. The van der Waals surface area contributed by atoms with Crippen LogP contribution in [0.3, 0.4) is 0 Å². The van der Waals surface area contributed by atoms with Gasteiger partial charge in [0.2, 0.25) is 4.47 Å². The van der Waals surface area contributed by atoms with Crippen LogP contribution >= 0.6 is 22.9 Å². The summed E-state index contributed by atoms with van der Waals surface area (Å²) in [6, 6.07) is 1.68. The molecule has 2 aromatic heterocycles. The first kappa shape index (κ1) is 9.29. The Labute approximate surface area is 88.0 Å². The van der Waals surface area contributed by atoms with Crippen LogP contribution in [0.5, 0.6) is 0 Å². The summed E-state index contributed by atoms with van der Waals surface area (Å²) in [5, 5.41) is 8.13. The predicted octanol–water partition coefficient (Wildman–Crippen LogP) is 0.797. The Hall–Kier alpha value is -1.27. The third-order valence-corrected chi connectivity index (χ3v) is 2.53. The average Bonchev–Trinajstić information content (AvgIpc) is 2.56. The van der Waals surface area contributed by atoms with Crippen molar-refractivity contribution in [3.8, 4) is 0 Å². The Bertz CT molecular complexity index is 494. The fraction of sp³-hybridized carbons (Fsp3) is 0.143. The molecule has 5 nitrogen and oxygen atoms in total. The Balaban J connectivity index is 2.27. The van der Waals surface area contributed by atoms with E-state index in [2.05, 4.69) is 15.2 Å². The van der Waals surface area contributed by atoms with Gasteiger partial charge in [0.25, 0.3) is 0 Å². The summed E-state index contributed by atoms with van der Waals surface area (Å²) in [7, 11) is 0. The van der Waals surface area contributed by atoms with Crippen LogP contribution in [-0.4, -0.2) is 19.7 Å². The maximum absolute atomic E-state index is 11.2. The highest BCUT2D eigenvalue weighted by molar-refractivity contribution is 7.15. The lowest BCUT2D eigenvalue weighted by molar-refractivity contribution is 0.715. The number of nitrogens with zero attached hydrogens (tertiary/aromatic N) is 4. The van der Waals surface area contributed by atoms with Crippen LogP contribution in [0.15, 0.2) is 23.3 Å². The van der Waals surface area contributed by atoms with Crippen molar-refractivity contribution in [2.45, 2.75) is 6.54 Å². The molecular formula is C7H5ClN4OS. The van der Waals surface area contributed by atoms with Crippen molar-refractivity contribution in [1.29, 1.82) is 0 Å². The number of aromatic nitrogens is 4. The number of hydrogen-bond donors (Lipinski definition) is 0. The molecule has 0 N–H and O–H groups in total. The van der Waals surface area contributed by atoms with E-state index in [-0.39, 0.29) is 5.69 Å². The molecule has 0 fully saturated rings. The van der Waals surface area contributed by atoms with Gasteiger partial charge in [0.15, 0.2) is 0 Å². The minimum Gasteiger partial charge on any atom is -0.292 e. The third-order valence-electron chi connectivity index (χ3n) is 1.53. The lowest BCUT2D eigenvalue weighted by Gasteiger charge is -1.98. The first-order chi connectivity index (χ1) is 6.75. The summed E-state index contributed by atoms with van der Waals surface area (Å²) in [4.78, 5) is 14.8. The molecule has 14 heavy (non-hydrogen) atoms. The Morgan fingerprint density at radius 2 is 2.36 bits per heavy atom. The van der Waals surface area contributed by atoms with Crippen molar-refractivity contribution in [1.82, 2.24) is 19.7 Å². The lowest BCUT2D eigenvalue weighted by Crippen LogP contribution is -2.21. The van der Waals surface area contributed by atoms with Crippen molar-refractivity contribution in [3.05, 3.63) is 38.4 Å². The van der Waals surface area contributed by atoms with E-state index in [0.717, 1.165) is 0 Å². The molecule has 0 aliphatic rings. The molecule has 72 valence electrons. The van der Waals surface area contributed by atoms with Gasteiger partial charge in [0.05, 0.1) is 6.54 Å². The largest absolute Gasteiger partial charge is 0.347 e. The molecule has 0 unspecified atom stereocenters. The zero-order valence-corrected chi connectivity index (χ0v) is 8.49. The fourth-order valence-corrected chi connectivity index (χ4v) is 1.82. The summed E-state index contributed by atoms with van der Waals surface area (Å²) in [6.07, 6.45) is 3.09. The summed E-state index contributed by atoms with van der Waals surface area (Å²) < 4.78 is 1.81. The van der Waals surface area contributed by atoms with Crippen molar-refractivity contribution in [3.63, 3.8) is 0 Å². The zero-order chi connectivity index (χ0) is 9.97. The van der Waals surface area contributed by atoms with Gasteiger partial charge in [0, 0.05) is 12.4 Å². The SMILES string of the molecule is O=c1ncccn1Cc1nnc(Cl)s1. The molecule has 0 aromatic carbocycles. The van der Waals surface area contributed by atoms with E-state index in [1.165, 1.54) is 22.1 Å². The fourth-order valence-electron chi connectivity index (χ4n) is 0.950. The van der Waals surface area contributed by atoms with E-state index >= 15 is 0 Å². The molecule has 7 heteroatoms. The van der Waals surface area contributed by atoms with Crippen molar-refractivity contribution in [2.75, 3.05) is 0 Å². The molecule has 0 atom stereocenters. The van der Waals surface area contributed by atoms with Gasteiger partial charge in [-0.15, -0.1) is 10.2 Å². The first-order valence-electron chi connectivity index (χ1n) is 3.75. The number of hydrogen-bond acceptors (Lipinski definition) is 5. The van der Waals surface area contributed by atoms with Crippen LogP contribution in [0.2, 0.25) is 4.47 Å². The molecule has 0 spiro atoms. The van der Waals surface area contributed by atoms with Gasteiger partial charge in [-0.3, -0.25) is 4.57 Å². The molecule has 2 heterocycles. The van der Waals surface area contributed by atoms with Crippen molar-refractivity contribution >= 4 is 22.9 Å². The van der Waals surface area contributed by atoms with Crippen LogP contribution in [0.25, 0.3) is 0 Å². The third kappa shape index (κ3) is 1.97. The van der Waals surface area contributed by atoms with Gasteiger partial charge in [-0.2, -0.15) is 0 Å². The van der Waals surface area contributed by atoms with Crippen LogP contribution < -0.4 is 5.69 Å². The average molecular weight is 229 g/mol. The van der Waals surface area contributed by atoms with Gasteiger partial charge in [-0.05, 0) is 17.7 Å². The molecule has 2 rings (SSSR count). The molecule has 0 amide bonds. The minimum absolute atomic E-state index is 0.307. The van der Waals surface area contributed by atoms with Crippen molar-refractivity contribution in [2.24, 2.45) is 0 Å². The smallest absolute Gasteiger partial charge is 0.292 e. The monoisotopic (exact) mass is 228 g/mol. The molecule has 0 saturated carbocycles. The number of rotatable bonds is 2. The van der Waals surface area contributed by atoms with Gasteiger partial charge >= 0.3 is 5.69 Å². The van der Waals surface area contributed by atoms with Crippen LogP contribution in [-0.2, 0) is 6.54 Å². The minimum atomic E-state index is -0.307. The van der Waals surface area contributed by atoms with E-state index in [0.29, 0.717) is 16.0 Å². The van der Waals surface area contributed by atoms with Gasteiger partial charge in [-0.25, -0.2) is 9.78 Å². The maximum Gasteiger partial charge on any atom is 0.347 e. The second-order valence-electron chi connectivity index (χ2n) is 2.48. The molecule has 0 radical (unpaired) electrons. The molecule has 0 saturated heterocycles. The van der Waals surface area contributed by atoms with Gasteiger partial charge < -0.3 is 0 Å². The number of halogens is 1. The Morgan fingerprint density at radius 3 is 3.00 bits per heavy atom. The molecule has 2 aromatic rings. The predicted molar refractivity (Wildman–Crippen MR) is 52.5 cm³/mol. The van der Waals surface area contributed by atoms with Gasteiger partial charge in [0.1, 0.15) is 5.01 Å². The van der Waals surface area contributed by atoms with E-state index in [1.807, 2.05) is 0 Å². The Kier molecular flexibility index (Phi) is 2.55. The van der Waals surface area contributed by atoms with E-state index in [9.17, 15) is 4.79 Å². The van der Waals surface area contributed by atoms with E-state index in [1.54, 1.807) is 12.3 Å². The van der Waals surface area contributed by atoms with Crippen molar-refractivity contribution < 1.29 is 0 Å². The molecule has 0 aliphatic heterocycles. The molecular weight excluding hydrogens is 224 g/mol. The summed E-state index contributed by atoms with van der Waals surface area (Å²) in [5.41, 5.74) is -0.307. The highest BCUT2D eigenvalue weighted by Gasteiger charge is 2.03. The highest BCUT2D eigenvalue weighted by atomic mass is 35.5. The standard InChI is InChI=1S/C7H5ClN4OS/c8-6-11-10-5(14-6)4-12-3-1-2-9-7(12)13/h1-3H,4H2.